The van der Waals surface area contributed by atoms with E-state index in [-0.39, 0.29) is 25.1 Å². The van der Waals surface area contributed by atoms with Crippen LogP contribution in [0.1, 0.15) is 12.0 Å². The number of halogens is 2. The van der Waals surface area contributed by atoms with Crippen LogP contribution in [-0.4, -0.2) is 62.0 Å². The van der Waals surface area contributed by atoms with Crippen molar-refractivity contribution >= 4 is 62.7 Å². The molecule has 34 heavy (non-hydrogen) atoms. The summed E-state index contributed by atoms with van der Waals surface area (Å²) in [5.74, 6) is 1.28. The Hall–Kier alpha value is -2.36. The molecule has 0 aliphatic carbocycles. The number of para-hydroxylation sites is 1. The second-order valence-corrected chi connectivity index (χ2v) is 9.24. The molecule has 1 fully saturated rings. The number of morpholine rings is 1. The second-order valence-electron chi connectivity index (χ2n) is 7.83. The van der Waals surface area contributed by atoms with Crippen molar-refractivity contribution in [3.63, 3.8) is 0 Å². The summed E-state index contributed by atoms with van der Waals surface area (Å²) in [4.78, 5) is 22.1. The summed E-state index contributed by atoms with van der Waals surface area (Å²) in [6.45, 7) is 5.07. The molecule has 0 bridgehead atoms. The first kappa shape index (κ1) is 24.8. The topological polar surface area (TPSA) is 64.1 Å². The first-order chi connectivity index (χ1) is 16.2. The lowest BCUT2D eigenvalue weighted by Gasteiger charge is -2.27. The molecule has 5 rings (SSSR count). The molecule has 2 aliphatic rings. The lowest BCUT2D eigenvalue weighted by molar-refractivity contribution is -0.114. The van der Waals surface area contributed by atoms with Gasteiger partial charge in [-0.3, -0.25) is 14.6 Å². The molecule has 2 aromatic carbocycles. The Kier molecular flexibility index (Phi) is 8.28. The number of fused-ring (bicyclic) bond motifs is 2. The van der Waals surface area contributed by atoms with Gasteiger partial charge in [0.2, 0.25) is 6.79 Å². The van der Waals surface area contributed by atoms with Crippen LogP contribution in [0.4, 0.5) is 5.13 Å². The molecule has 0 radical (unpaired) electrons. The summed E-state index contributed by atoms with van der Waals surface area (Å²) in [7, 11) is 0. The van der Waals surface area contributed by atoms with E-state index in [1.165, 1.54) is 11.3 Å². The minimum atomic E-state index is -0.121. The molecular weight excluding hydrogens is 497 g/mol. The van der Waals surface area contributed by atoms with Gasteiger partial charge in [0.05, 0.1) is 22.9 Å². The van der Waals surface area contributed by atoms with E-state index in [0.717, 1.165) is 60.8 Å². The summed E-state index contributed by atoms with van der Waals surface area (Å²) in [5, 5.41) is 1.24. The molecule has 1 saturated heterocycles. The van der Waals surface area contributed by atoms with Gasteiger partial charge < -0.3 is 14.2 Å². The van der Waals surface area contributed by atoms with Crippen molar-refractivity contribution in [2.75, 3.05) is 51.1 Å². The van der Waals surface area contributed by atoms with Gasteiger partial charge in [-0.1, -0.05) is 35.1 Å². The average Bonchev–Trinajstić information content (AvgIpc) is 3.48. The number of carbonyl (C=O) groups excluding carboxylic acids is 1. The van der Waals surface area contributed by atoms with Gasteiger partial charge in [-0.25, -0.2) is 4.98 Å². The van der Waals surface area contributed by atoms with Gasteiger partial charge in [0.15, 0.2) is 16.6 Å². The fourth-order valence-electron chi connectivity index (χ4n) is 3.87. The van der Waals surface area contributed by atoms with Crippen LogP contribution >= 0.6 is 35.3 Å². The van der Waals surface area contributed by atoms with Crippen molar-refractivity contribution in [3.8, 4) is 11.5 Å². The molecular formula is C24H25Cl2N3O4S. The zero-order chi connectivity index (χ0) is 22.6. The van der Waals surface area contributed by atoms with E-state index in [4.69, 9.17) is 25.8 Å². The third kappa shape index (κ3) is 5.64. The van der Waals surface area contributed by atoms with Gasteiger partial charge in [0, 0.05) is 32.3 Å². The largest absolute Gasteiger partial charge is 0.454 e. The van der Waals surface area contributed by atoms with E-state index in [0.29, 0.717) is 22.4 Å². The quantitative estimate of drug-likeness (QED) is 0.413. The molecule has 0 N–H and O–H groups in total. The number of rotatable bonds is 7. The van der Waals surface area contributed by atoms with Crippen molar-refractivity contribution in [3.05, 3.63) is 53.1 Å². The minimum Gasteiger partial charge on any atom is -0.454 e. The fraction of sp³-hybridized carbons (Fsp3) is 0.333. The molecule has 3 heterocycles. The Labute approximate surface area is 213 Å². The van der Waals surface area contributed by atoms with E-state index in [1.807, 2.05) is 36.4 Å². The molecule has 3 aromatic rings. The summed E-state index contributed by atoms with van der Waals surface area (Å²) < 4.78 is 17.2. The fourth-order valence-corrected chi connectivity index (χ4v) is 5.17. The maximum Gasteiger partial charge on any atom is 0.252 e. The van der Waals surface area contributed by atoms with E-state index in [1.54, 1.807) is 17.1 Å². The van der Waals surface area contributed by atoms with Gasteiger partial charge in [-0.05, 0) is 42.3 Å². The third-order valence-electron chi connectivity index (χ3n) is 5.63. The molecule has 0 atom stereocenters. The smallest absolute Gasteiger partial charge is 0.252 e. The second kappa shape index (κ2) is 11.4. The Morgan fingerprint density at radius 3 is 2.82 bits per heavy atom. The Morgan fingerprint density at radius 2 is 2.00 bits per heavy atom. The van der Waals surface area contributed by atoms with Crippen LogP contribution < -0.4 is 14.4 Å². The first-order valence-corrected chi connectivity index (χ1v) is 12.1. The van der Waals surface area contributed by atoms with E-state index < -0.39 is 0 Å². The first-order valence-electron chi connectivity index (χ1n) is 10.9. The molecule has 0 saturated carbocycles. The van der Waals surface area contributed by atoms with E-state index >= 15 is 0 Å². The van der Waals surface area contributed by atoms with Crippen molar-refractivity contribution in [2.24, 2.45) is 0 Å². The van der Waals surface area contributed by atoms with Crippen LogP contribution in [-0.2, 0) is 9.53 Å². The highest BCUT2D eigenvalue weighted by atomic mass is 35.5. The maximum atomic E-state index is 13.3. The maximum absolute atomic E-state index is 13.3. The van der Waals surface area contributed by atoms with Crippen molar-refractivity contribution in [1.29, 1.82) is 0 Å². The normalized spacial score (nSPS) is 15.6. The molecule has 0 unspecified atom stereocenters. The molecule has 1 amide bonds. The number of benzene rings is 2. The number of carbonyl (C=O) groups is 1. The number of anilines is 1. The molecule has 7 nitrogen and oxygen atoms in total. The van der Waals surface area contributed by atoms with Crippen molar-refractivity contribution in [1.82, 2.24) is 9.88 Å². The summed E-state index contributed by atoms with van der Waals surface area (Å²) in [5.41, 5.74) is 1.60. The van der Waals surface area contributed by atoms with Crippen LogP contribution in [0.15, 0.2) is 42.5 Å². The number of nitrogens with zero attached hydrogens (tertiary/aromatic N) is 3. The van der Waals surface area contributed by atoms with Crippen molar-refractivity contribution < 1.29 is 19.0 Å². The van der Waals surface area contributed by atoms with Crippen molar-refractivity contribution in [2.45, 2.75) is 6.42 Å². The Balaban J connectivity index is 0.00000274. The van der Waals surface area contributed by atoms with Crippen LogP contribution in [0.3, 0.4) is 0 Å². The number of aromatic nitrogens is 1. The lowest BCUT2D eigenvalue weighted by atomic mass is 10.2. The predicted molar refractivity (Wildman–Crippen MR) is 138 cm³/mol. The third-order valence-corrected chi connectivity index (χ3v) is 6.98. The standard InChI is InChI=1S/C24H24ClN3O4S.ClH/c25-18-3-1-4-21-23(18)26-24(33-21)28(10-2-9-27-11-13-30-14-12-27)22(29)8-6-17-5-7-19-20(15-17)32-16-31-19;/h1,3-8,15H,2,9-14,16H2;1H/b8-6+;. The lowest BCUT2D eigenvalue weighted by Crippen LogP contribution is -2.39. The number of amides is 1. The van der Waals surface area contributed by atoms with E-state index in [9.17, 15) is 4.79 Å². The van der Waals surface area contributed by atoms with Crippen LogP contribution in [0, 0.1) is 0 Å². The summed E-state index contributed by atoms with van der Waals surface area (Å²) in [6.07, 6.45) is 4.22. The molecule has 10 heteroatoms. The Morgan fingerprint density at radius 1 is 1.18 bits per heavy atom. The van der Waals surface area contributed by atoms with Gasteiger partial charge in [-0.15, -0.1) is 12.4 Å². The molecule has 180 valence electrons. The van der Waals surface area contributed by atoms with Gasteiger partial charge >= 0.3 is 0 Å². The monoisotopic (exact) mass is 521 g/mol. The van der Waals surface area contributed by atoms with Gasteiger partial charge in [-0.2, -0.15) is 0 Å². The SMILES string of the molecule is Cl.O=C(/C=C/c1ccc2c(c1)OCO2)N(CCCN1CCOCC1)c1nc2c(Cl)cccc2s1. The van der Waals surface area contributed by atoms with E-state index in [2.05, 4.69) is 9.88 Å². The Bertz CT molecular complexity index is 1180. The van der Waals surface area contributed by atoms with Crippen LogP contribution in [0.5, 0.6) is 11.5 Å². The highest BCUT2D eigenvalue weighted by Gasteiger charge is 2.20. The summed E-state index contributed by atoms with van der Waals surface area (Å²) in [6, 6.07) is 11.3. The number of ether oxygens (including phenoxy) is 3. The number of thiazole rings is 1. The average molecular weight is 522 g/mol. The summed E-state index contributed by atoms with van der Waals surface area (Å²) >= 11 is 7.81. The highest BCUT2D eigenvalue weighted by Crippen LogP contribution is 2.34. The number of hydrogen-bond donors (Lipinski definition) is 0. The zero-order valence-corrected chi connectivity index (χ0v) is 20.8. The molecule has 2 aliphatic heterocycles. The van der Waals surface area contributed by atoms with Gasteiger partial charge in [0.1, 0.15) is 5.52 Å². The highest BCUT2D eigenvalue weighted by molar-refractivity contribution is 7.22. The van der Waals surface area contributed by atoms with Crippen LogP contribution in [0.25, 0.3) is 16.3 Å². The number of hydrogen-bond acceptors (Lipinski definition) is 7. The zero-order valence-electron chi connectivity index (χ0n) is 18.4. The molecule has 0 spiro atoms. The predicted octanol–water partition coefficient (Wildman–Crippen LogP) is 4.87. The minimum absolute atomic E-state index is 0. The van der Waals surface area contributed by atoms with Crippen LogP contribution in [0.2, 0.25) is 5.02 Å². The molecule has 1 aromatic heterocycles. The van der Waals surface area contributed by atoms with Gasteiger partial charge in [0.25, 0.3) is 5.91 Å².